The molecular formula is C15H22BrN3O3S. The molecule has 2 amide bonds. The molecule has 0 saturated carbocycles. The first kappa shape index (κ1) is 18.2. The minimum atomic E-state index is -3.14. The van der Waals surface area contributed by atoms with Gasteiger partial charge in [0.05, 0.1) is 12.3 Å². The lowest BCUT2D eigenvalue weighted by Gasteiger charge is -2.31. The van der Waals surface area contributed by atoms with Gasteiger partial charge in [0.25, 0.3) is 0 Å². The van der Waals surface area contributed by atoms with Crippen molar-refractivity contribution in [1.82, 2.24) is 14.9 Å². The van der Waals surface area contributed by atoms with E-state index in [1.54, 1.807) is 0 Å². The number of benzene rings is 1. The van der Waals surface area contributed by atoms with E-state index in [2.05, 4.69) is 26.6 Å². The summed E-state index contributed by atoms with van der Waals surface area (Å²) in [5.74, 6) is 0. The maximum absolute atomic E-state index is 12.1. The van der Waals surface area contributed by atoms with E-state index >= 15 is 0 Å². The lowest BCUT2D eigenvalue weighted by molar-refractivity contribution is 0.225. The Morgan fingerprint density at radius 3 is 2.57 bits per heavy atom. The van der Waals surface area contributed by atoms with Gasteiger partial charge < -0.3 is 10.6 Å². The van der Waals surface area contributed by atoms with E-state index in [4.69, 9.17) is 0 Å². The van der Waals surface area contributed by atoms with Gasteiger partial charge in [-0.3, -0.25) is 0 Å². The summed E-state index contributed by atoms with van der Waals surface area (Å²) < 4.78 is 25.4. The van der Waals surface area contributed by atoms with Crippen molar-refractivity contribution in [2.75, 3.05) is 19.3 Å². The van der Waals surface area contributed by atoms with Gasteiger partial charge >= 0.3 is 6.03 Å². The molecule has 0 radical (unpaired) electrons. The van der Waals surface area contributed by atoms with Crippen molar-refractivity contribution in [3.8, 4) is 0 Å². The summed E-state index contributed by atoms with van der Waals surface area (Å²) in [6, 6.07) is 7.46. The molecule has 2 N–H and O–H groups in total. The van der Waals surface area contributed by atoms with Gasteiger partial charge in [0.15, 0.2) is 0 Å². The van der Waals surface area contributed by atoms with Crippen molar-refractivity contribution < 1.29 is 13.2 Å². The summed E-state index contributed by atoms with van der Waals surface area (Å²) in [4.78, 5) is 12.1. The molecule has 23 heavy (non-hydrogen) atoms. The molecule has 0 bridgehead atoms. The number of urea groups is 1. The molecule has 1 heterocycles. The third-order valence-corrected chi connectivity index (χ3v) is 5.75. The van der Waals surface area contributed by atoms with E-state index in [0.29, 0.717) is 25.9 Å². The Morgan fingerprint density at radius 2 is 2.00 bits per heavy atom. The highest BCUT2D eigenvalue weighted by Crippen LogP contribution is 2.18. The second kappa shape index (κ2) is 7.63. The summed E-state index contributed by atoms with van der Waals surface area (Å²) in [5, 5.41) is 5.83. The van der Waals surface area contributed by atoms with Gasteiger partial charge in [-0.1, -0.05) is 28.1 Å². The minimum absolute atomic E-state index is 0.00251. The van der Waals surface area contributed by atoms with Crippen LogP contribution in [0.2, 0.25) is 0 Å². The average molecular weight is 404 g/mol. The van der Waals surface area contributed by atoms with Crippen molar-refractivity contribution >= 4 is 32.0 Å². The summed E-state index contributed by atoms with van der Waals surface area (Å²) in [5.41, 5.74) is 1.02. The molecule has 1 fully saturated rings. The normalized spacial score (nSPS) is 18.4. The monoisotopic (exact) mass is 403 g/mol. The van der Waals surface area contributed by atoms with Crippen LogP contribution in [-0.2, 0) is 10.0 Å². The summed E-state index contributed by atoms with van der Waals surface area (Å²) >= 11 is 3.42. The number of rotatable bonds is 4. The number of hydrogen-bond acceptors (Lipinski definition) is 3. The number of nitrogens with zero attached hydrogens (tertiary/aromatic N) is 1. The molecule has 1 aromatic rings. The molecule has 1 aromatic carbocycles. The second-order valence-corrected chi connectivity index (χ2v) is 8.73. The molecule has 1 atom stereocenters. The van der Waals surface area contributed by atoms with Crippen LogP contribution < -0.4 is 10.6 Å². The Kier molecular flexibility index (Phi) is 6.05. The van der Waals surface area contributed by atoms with Gasteiger partial charge in [0, 0.05) is 23.6 Å². The molecule has 128 valence electrons. The van der Waals surface area contributed by atoms with Crippen LogP contribution in [0.15, 0.2) is 28.7 Å². The number of sulfonamides is 1. The number of carbonyl (C=O) groups excluding carboxylic acids is 1. The van der Waals surface area contributed by atoms with Gasteiger partial charge in [0.2, 0.25) is 10.0 Å². The minimum Gasteiger partial charge on any atom is -0.335 e. The van der Waals surface area contributed by atoms with Gasteiger partial charge in [-0.25, -0.2) is 17.5 Å². The Balaban J connectivity index is 1.82. The maximum atomic E-state index is 12.1. The number of halogens is 1. The van der Waals surface area contributed by atoms with Crippen LogP contribution in [0.4, 0.5) is 4.79 Å². The smallest absolute Gasteiger partial charge is 0.315 e. The molecule has 0 spiro atoms. The summed E-state index contributed by atoms with van der Waals surface area (Å²) in [6.45, 7) is 2.82. The van der Waals surface area contributed by atoms with Gasteiger partial charge in [-0.15, -0.1) is 0 Å². The number of carbonyl (C=O) groups is 1. The first-order chi connectivity index (χ1) is 10.8. The van der Waals surface area contributed by atoms with Crippen molar-refractivity contribution in [3.63, 3.8) is 0 Å². The fourth-order valence-electron chi connectivity index (χ4n) is 2.61. The predicted molar refractivity (Wildman–Crippen MR) is 93.7 cm³/mol. The summed E-state index contributed by atoms with van der Waals surface area (Å²) in [7, 11) is -3.14. The van der Waals surface area contributed by atoms with Crippen molar-refractivity contribution in [2.45, 2.75) is 31.8 Å². The number of piperidine rings is 1. The molecule has 0 unspecified atom stereocenters. The first-order valence-corrected chi connectivity index (χ1v) is 10.2. The van der Waals surface area contributed by atoms with E-state index in [-0.39, 0.29) is 18.1 Å². The molecule has 1 aliphatic heterocycles. The van der Waals surface area contributed by atoms with E-state index in [9.17, 15) is 13.2 Å². The Labute approximate surface area is 145 Å². The molecule has 8 heteroatoms. The van der Waals surface area contributed by atoms with Crippen molar-refractivity contribution in [3.05, 3.63) is 34.3 Å². The third-order valence-electron chi connectivity index (χ3n) is 3.95. The molecular weight excluding hydrogens is 382 g/mol. The van der Waals surface area contributed by atoms with Crippen LogP contribution in [0.3, 0.4) is 0 Å². The maximum Gasteiger partial charge on any atom is 0.315 e. The van der Waals surface area contributed by atoms with Gasteiger partial charge in [-0.2, -0.15) is 0 Å². The fourth-order valence-corrected chi connectivity index (χ4v) is 3.91. The van der Waals surface area contributed by atoms with E-state index in [1.807, 2.05) is 31.2 Å². The topological polar surface area (TPSA) is 78.5 Å². The highest BCUT2D eigenvalue weighted by molar-refractivity contribution is 9.10. The van der Waals surface area contributed by atoms with Crippen LogP contribution in [0.1, 0.15) is 31.4 Å². The first-order valence-electron chi connectivity index (χ1n) is 7.53. The van der Waals surface area contributed by atoms with Crippen LogP contribution in [0.25, 0.3) is 0 Å². The quantitative estimate of drug-likeness (QED) is 0.808. The second-order valence-electron chi connectivity index (χ2n) is 5.83. The van der Waals surface area contributed by atoms with Gasteiger partial charge in [-0.05, 0) is 37.5 Å². The number of nitrogens with one attached hydrogen (secondary N) is 2. The molecule has 1 saturated heterocycles. The average Bonchev–Trinajstić information content (AvgIpc) is 2.46. The SMILES string of the molecule is C[C@@H](NC(=O)NC1CCN(S(C)(=O)=O)CC1)c1cccc(Br)c1. The standard InChI is InChI=1S/C15H22BrN3O3S/c1-11(12-4-3-5-13(16)10-12)17-15(20)18-14-6-8-19(9-7-14)23(2,21)22/h3-5,10-11,14H,6-9H2,1-2H3,(H2,17,18,20)/t11-/m1/s1. The largest absolute Gasteiger partial charge is 0.335 e. The Hall–Kier alpha value is -1.12. The van der Waals surface area contributed by atoms with E-state index < -0.39 is 10.0 Å². The number of amides is 2. The third kappa shape index (κ3) is 5.47. The van der Waals surface area contributed by atoms with E-state index in [1.165, 1.54) is 10.6 Å². The molecule has 6 nitrogen and oxygen atoms in total. The van der Waals surface area contributed by atoms with Crippen molar-refractivity contribution in [1.29, 1.82) is 0 Å². The fraction of sp³-hybridized carbons (Fsp3) is 0.533. The zero-order valence-electron chi connectivity index (χ0n) is 13.3. The van der Waals surface area contributed by atoms with Crippen molar-refractivity contribution in [2.24, 2.45) is 0 Å². The molecule has 0 aromatic heterocycles. The lowest BCUT2D eigenvalue weighted by atomic mass is 10.1. The lowest BCUT2D eigenvalue weighted by Crippen LogP contribution is -2.49. The van der Waals surface area contributed by atoms with Crippen LogP contribution in [-0.4, -0.2) is 44.1 Å². The molecule has 1 aliphatic rings. The van der Waals surface area contributed by atoms with Gasteiger partial charge in [0.1, 0.15) is 0 Å². The molecule has 0 aliphatic carbocycles. The van der Waals surface area contributed by atoms with Crippen LogP contribution in [0, 0.1) is 0 Å². The number of hydrogen-bond donors (Lipinski definition) is 2. The zero-order chi connectivity index (χ0) is 17.0. The Morgan fingerprint density at radius 1 is 1.35 bits per heavy atom. The highest BCUT2D eigenvalue weighted by Gasteiger charge is 2.25. The zero-order valence-corrected chi connectivity index (χ0v) is 15.7. The summed E-state index contributed by atoms with van der Waals surface area (Å²) in [6.07, 6.45) is 2.48. The van der Waals surface area contributed by atoms with E-state index in [0.717, 1.165) is 10.0 Å². The predicted octanol–water partition coefficient (Wildman–Crippen LogP) is 2.23. The van der Waals surface area contributed by atoms with Crippen LogP contribution >= 0.6 is 15.9 Å². The van der Waals surface area contributed by atoms with Crippen LogP contribution in [0.5, 0.6) is 0 Å². The Bertz CT molecular complexity index is 658. The highest BCUT2D eigenvalue weighted by atomic mass is 79.9. The molecule has 2 rings (SSSR count).